The Bertz CT molecular complexity index is 1870. The fraction of sp³-hybridized carbons (Fsp3) is 0.458. The Hall–Kier alpha value is -5.08. The third kappa shape index (κ3) is 15.7. The average molecular weight is 875 g/mol. The van der Waals surface area contributed by atoms with Crippen molar-refractivity contribution in [3.63, 3.8) is 0 Å². The van der Waals surface area contributed by atoms with E-state index in [4.69, 9.17) is 28.4 Å². The molecule has 0 N–H and O–H groups in total. The molecular formula is C48H56F6O8. The molecule has 0 heterocycles. The van der Waals surface area contributed by atoms with Crippen LogP contribution in [0.1, 0.15) is 87.8 Å². The van der Waals surface area contributed by atoms with Gasteiger partial charge in [-0.05, 0) is 137 Å². The van der Waals surface area contributed by atoms with Crippen LogP contribution in [0, 0.1) is 0 Å². The van der Waals surface area contributed by atoms with E-state index >= 15 is 0 Å². The van der Waals surface area contributed by atoms with Crippen molar-refractivity contribution in [1.82, 2.24) is 0 Å². The van der Waals surface area contributed by atoms with E-state index in [0.717, 1.165) is 23.3 Å². The number of hydrogen-bond donors (Lipinski definition) is 0. The lowest BCUT2D eigenvalue weighted by atomic mass is 9.93. The Morgan fingerprint density at radius 2 is 0.887 bits per heavy atom. The highest BCUT2D eigenvalue weighted by molar-refractivity contribution is 5.76. The van der Waals surface area contributed by atoms with Gasteiger partial charge in [-0.3, -0.25) is 0 Å². The van der Waals surface area contributed by atoms with Gasteiger partial charge in [-0.15, -0.1) is 0 Å². The smallest absolute Gasteiger partial charge is 0.416 e. The van der Waals surface area contributed by atoms with E-state index in [1.807, 2.05) is 0 Å². The fourth-order valence-corrected chi connectivity index (χ4v) is 6.69. The number of rotatable bonds is 23. The van der Waals surface area contributed by atoms with Crippen molar-refractivity contribution in [1.29, 1.82) is 0 Å². The Labute approximate surface area is 359 Å². The zero-order valence-corrected chi connectivity index (χ0v) is 36.0. The first-order chi connectivity index (χ1) is 29.4. The van der Waals surface area contributed by atoms with E-state index in [-0.39, 0.29) is 73.4 Å². The third-order valence-corrected chi connectivity index (χ3v) is 9.54. The molecule has 4 aromatic rings. The zero-order valence-electron chi connectivity index (χ0n) is 36.0. The molecule has 0 fully saturated rings. The standard InChI is InChI=1S/C48H56F6O8/c1-7-57-43(45(55)61-31(3)4)27-33-13-21-39(22-14-33)59-25-9-11-35-17-19-37(29-41(35)47(49,50)51)38-20-18-36(42(30-38)48(52,53)54)12-10-26-60-40-23-15-34(16-24-40)28-44(58-8-2)46(56)62-32(5)6/h13-24,29-32,43-44H,7-12,25-28H2,1-6H3/t43-,44?/m0/s1. The summed E-state index contributed by atoms with van der Waals surface area (Å²) in [6.45, 7) is 11.5. The fourth-order valence-electron chi connectivity index (χ4n) is 6.69. The van der Waals surface area contributed by atoms with Crippen molar-refractivity contribution in [3.05, 3.63) is 118 Å². The number of ether oxygens (including phenoxy) is 6. The van der Waals surface area contributed by atoms with Gasteiger partial charge in [0, 0.05) is 26.1 Å². The monoisotopic (exact) mass is 874 g/mol. The number of aryl methyl sites for hydroxylation is 2. The molecule has 8 nitrogen and oxygen atoms in total. The van der Waals surface area contributed by atoms with Crippen molar-refractivity contribution in [2.75, 3.05) is 26.4 Å². The molecule has 0 aliphatic rings. The second-order valence-corrected chi connectivity index (χ2v) is 15.2. The summed E-state index contributed by atoms with van der Waals surface area (Å²) >= 11 is 0. The van der Waals surface area contributed by atoms with Crippen LogP contribution >= 0.6 is 0 Å². The van der Waals surface area contributed by atoms with Crippen molar-refractivity contribution in [2.45, 2.75) is 117 Å². The number of halogens is 6. The number of alkyl halides is 6. The summed E-state index contributed by atoms with van der Waals surface area (Å²) in [5.74, 6) is 0.0839. The molecule has 62 heavy (non-hydrogen) atoms. The normalized spacial score (nSPS) is 12.9. The highest BCUT2D eigenvalue weighted by Gasteiger charge is 2.35. The first-order valence-electron chi connectivity index (χ1n) is 20.9. The maximum absolute atomic E-state index is 14.3. The molecule has 14 heteroatoms. The topological polar surface area (TPSA) is 89.5 Å². The van der Waals surface area contributed by atoms with Gasteiger partial charge in [0.05, 0.1) is 36.5 Å². The van der Waals surface area contributed by atoms with Crippen LogP contribution in [0.15, 0.2) is 84.9 Å². The van der Waals surface area contributed by atoms with Gasteiger partial charge in [0.25, 0.3) is 0 Å². The minimum absolute atomic E-state index is 0.00111. The highest BCUT2D eigenvalue weighted by Crippen LogP contribution is 2.39. The average Bonchev–Trinajstić information content (AvgIpc) is 3.20. The van der Waals surface area contributed by atoms with E-state index in [1.54, 1.807) is 90.1 Å². The van der Waals surface area contributed by atoms with Crippen LogP contribution in [0.3, 0.4) is 0 Å². The Kier molecular flexibility index (Phi) is 18.7. The van der Waals surface area contributed by atoms with Gasteiger partial charge in [0.2, 0.25) is 0 Å². The second-order valence-electron chi connectivity index (χ2n) is 15.2. The Morgan fingerprint density at radius 1 is 0.532 bits per heavy atom. The van der Waals surface area contributed by atoms with Crippen LogP contribution in [0.2, 0.25) is 0 Å². The minimum Gasteiger partial charge on any atom is -0.494 e. The molecule has 1 unspecified atom stereocenters. The van der Waals surface area contributed by atoms with E-state index < -0.39 is 47.6 Å². The zero-order chi connectivity index (χ0) is 45.5. The van der Waals surface area contributed by atoms with Crippen LogP contribution in [-0.2, 0) is 66.6 Å². The molecule has 338 valence electrons. The highest BCUT2D eigenvalue weighted by atomic mass is 19.4. The van der Waals surface area contributed by atoms with Crippen LogP contribution in [0.5, 0.6) is 11.5 Å². The van der Waals surface area contributed by atoms with E-state index in [1.165, 1.54) is 24.3 Å². The summed E-state index contributed by atoms with van der Waals surface area (Å²) in [4.78, 5) is 24.8. The van der Waals surface area contributed by atoms with E-state index in [9.17, 15) is 35.9 Å². The summed E-state index contributed by atoms with van der Waals surface area (Å²) < 4.78 is 119. The first-order valence-corrected chi connectivity index (χ1v) is 20.9. The molecule has 0 bridgehead atoms. The summed E-state index contributed by atoms with van der Waals surface area (Å²) in [6, 6.07) is 21.1. The maximum Gasteiger partial charge on any atom is 0.416 e. The molecular weight excluding hydrogens is 819 g/mol. The number of carbonyl (C=O) groups excluding carboxylic acids is 2. The molecule has 4 aromatic carbocycles. The van der Waals surface area contributed by atoms with Gasteiger partial charge in [-0.1, -0.05) is 48.5 Å². The molecule has 0 saturated carbocycles. The van der Waals surface area contributed by atoms with Crippen molar-refractivity contribution in [2.24, 2.45) is 0 Å². The molecule has 0 spiro atoms. The van der Waals surface area contributed by atoms with Crippen LogP contribution in [-0.4, -0.2) is 62.8 Å². The quantitative estimate of drug-likeness (QED) is 0.0414. The summed E-state index contributed by atoms with van der Waals surface area (Å²) in [6.07, 6.45) is -10.5. The molecule has 4 rings (SSSR count). The van der Waals surface area contributed by atoms with Gasteiger partial charge < -0.3 is 28.4 Å². The number of carbonyl (C=O) groups is 2. The molecule has 0 aliphatic carbocycles. The SMILES string of the molecule is CCOC(Cc1ccc(OCCCc2ccc(-c3ccc(CCCOc4ccc(C[C@H](OCC)C(=O)OC(C)C)cc4)c(C(F)(F)F)c3)cc2C(F)(F)F)cc1)C(=O)OC(C)C. The van der Waals surface area contributed by atoms with Crippen molar-refractivity contribution >= 4 is 11.9 Å². The predicted octanol–water partition coefficient (Wildman–Crippen LogP) is 11.2. The van der Waals surface area contributed by atoms with Gasteiger partial charge in [-0.2, -0.15) is 26.3 Å². The van der Waals surface area contributed by atoms with Crippen LogP contribution in [0.4, 0.5) is 26.3 Å². The van der Waals surface area contributed by atoms with Crippen LogP contribution < -0.4 is 9.47 Å². The molecule has 0 amide bonds. The minimum atomic E-state index is -4.75. The van der Waals surface area contributed by atoms with Gasteiger partial charge in [-0.25, -0.2) is 9.59 Å². The Morgan fingerprint density at radius 3 is 1.19 bits per heavy atom. The molecule has 0 saturated heterocycles. The number of esters is 2. The molecule has 0 aliphatic heterocycles. The third-order valence-electron chi connectivity index (χ3n) is 9.54. The van der Waals surface area contributed by atoms with Crippen molar-refractivity contribution in [3.8, 4) is 22.6 Å². The van der Waals surface area contributed by atoms with Gasteiger partial charge >= 0.3 is 24.3 Å². The van der Waals surface area contributed by atoms with Gasteiger partial charge in [0.15, 0.2) is 12.2 Å². The van der Waals surface area contributed by atoms with E-state index in [2.05, 4.69) is 0 Å². The second kappa shape index (κ2) is 23.4. The lowest BCUT2D eigenvalue weighted by Crippen LogP contribution is -2.30. The molecule has 0 radical (unpaired) electrons. The summed E-state index contributed by atoms with van der Waals surface area (Å²) in [5, 5.41) is 0. The lowest BCUT2D eigenvalue weighted by Gasteiger charge is -2.18. The molecule has 2 atom stereocenters. The largest absolute Gasteiger partial charge is 0.494 e. The van der Waals surface area contributed by atoms with Crippen LogP contribution in [0.25, 0.3) is 11.1 Å². The van der Waals surface area contributed by atoms with Gasteiger partial charge in [0.1, 0.15) is 11.5 Å². The summed E-state index contributed by atoms with van der Waals surface area (Å²) in [7, 11) is 0. The number of benzene rings is 4. The number of hydrogen-bond acceptors (Lipinski definition) is 8. The first kappa shape index (κ1) is 49.6. The predicted molar refractivity (Wildman–Crippen MR) is 223 cm³/mol. The summed E-state index contributed by atoms with van der Waals surface area (Å²) in [5.41, 5.74) is -0.216. The molecule has 0 aromatic heterocycles. The lowest BCUT2D eigenvalue weighted by molar-refractivity contribution is -0.161. The maximum atomic E-state index is 14.3. The van der Waals surface area contributed by atoms with E-state index in [0.29, 0.717) is 37.6 Å². The Balaban J connectivity index is 1.34. The van der Waals surface area contributed by atoms with Crippen molar-refractivity contribution < 1.29 is 64.4 Å².